The van der Waals surface area contributed by atoms with Crippen molar-refractivity contribution in [3.63, 3.8) is 0 Å². The quantitative estimate of drug-likeness (QED) is 0.553. The van der Waals surface area contributed by atoms with Crippen molar-refractivity contribution >= 4 is 22.5 Å². The summed E-state index contributed by atoms with van der Waals surface area (Å²) in [6.45, 7) is 1.67. The van der Waals surface area contributed by atoms with E-state index in [1.54, 1.807) is 49.4 Å². The number of carbonyl (C=O) groups excluding carboxylic acids is 1. The summed E-state index contributed by atoms with van der Waals surface area (Å²) in [7, 11) is 0. The normalized spacial score (nSPS) is 11.8. The number of rotatable bonds is 5. The van der Waals surface area contributed by atoms with Gasteiger partial charge < -0.3 is 10.1 Å². The summed E-state index contributed by atoms with van der Waals surface area (Å²) < 4.78 is 7.08. The van der Waals surface area contributed by atoms with Crippen molar-refractivity contribution in [3.8, 4) is 11.5 Å². The second-order valence-electron chi connectivity index (χ2n) is 6.58. The van der Waals surface area contributed by atoms with Crippen molar-refractivity contribution in [2.75, 3.05) is 5.32 Å². The highest BCUT2D eigenvalue weighted by atomic mass is 16.5. The number of fused-ring (bicyclic) bond motifs is 1. The number of para-hydroxylation sites is 2. The lowest BCUT2D eigenvalue weighted by atomic mass is 10.2. The molecule has 0 aliphatic rings. The predicted octanol–water partition coefficient (Wildman–Crippen LogP) is 4.39. The van der Waals surface area contributed by atoms with E-state index in [2.05, 4.69) is 10.3 Å². The Balaban J connectivity index is 1.48. The Bertz CT molecular complexity index is 1200. The zero-order chi connectivity index (χ0) is 20.2. The van der Waals surface area contributed by atoms with Crippen LogP contribution < -0.4 is 15.6 Å². The zero-order valence-corrected chi connectivity index (χ0v) is 15.8. The number of benzene rings is 3. The van der Waals surface area contributed by atoms with E-state index >= 15 is 0 Å². The molecule has 1 atom stereocenters. The molecule has 1 amide bonds. The molecular weight excluding hydrogens is 366 g/mol. The first-order valence-corrected chi connectivity index (χ1v) is 9.21. The predicted molar refractivity (Wildman–Crippen MR) is 112 cm³/mol. The van der Waals surface area contributed by atoms with Gasteiger partial charge in [-0.25, -0.2) is 4.98 Å². The molecule has 1 unspecified atom stereocenters. The highest BCUT2D eigenvalue weighted by Gasteiger charge is 2.17. The lowest BCUT2D eigenvalue weighted by Gasteiger charge is -2.15. The summed E-state index contributed by atoms with van der Waals surface area (Å²) >= 11 is 0. The molecule has 4 rings (SSSR count). The van der Waals surface area contributed by atoms with Gasteiger partial charge in [0, 0.05) is 5.69 Å². The first kappa shape index (κ1) is 18.4. The van der Waals surface area contributed by atoms with Crippen molar-refractivity contribution in [1.82, 2.24) is 9.55 Å². The third-order valence-electron chi connectivity index (χ3n) is 4.59. The first-order valence-electron chi connectivity index (χ1n) is 9.21. The van der Waals surface area contributed by atoms with Crippen molar-refractivity contribution in [2.24, 2.45) is 0 Å². The number of amides is 1. The molecule has 0 radical (unpaired) electrons. The molecule has 0 saturated heterocycles. The molecule has 144 valence electrons. The van der Waals surface area contributed by atoms with E-state index in [0.29, 0.717) is 22.3 Å². The van der Waals surface area contributed by atoms with Crippen LogP contribution in [0.3, 0.4) is 0 Å². The molecule has 29 heavy (non-hydrogen) atoms. The summed E-state index contributed by atoms with van der Waals surface area (Å²) in [6.07, 6.45) is 1.41. The van der Waals surface area contributed by atoms with E-state index in [1.807, 2.05) is 36.4 Å². The zero-order valence-electron chi connectivity index (χ0n) is 15.8. The van der Waals surface area contributed by atoms with Crippen molar-refractivity contribution in [1.29, 1.82) is 0 Å². The second kappa shape index (κ2) is 7.98. The van der Waals surface area contributed by atoms with Gasteiger partial charge in [0.2, 0.25) is 5.91 Å². The molecule has 6 heteroatoms. The molecule has 6 nitrogen and oxygen atoms in total. The van der Waals surface area contributed by atoms with Crippen molar-refractivity contribution in [2.45, 2.75) is 13.0 Å². The molecule has 1 aromatic heterocycles. The second-order valence-corrected chi connectivity index (χ2v) is 6.58. The Hall–Kier alpha value is -3.93. The van der Waals surface area contributed by atoms with Crippen molar-refractivity contribution < 1.29 is 9.53 Å². The number of anilines is 1. The fourth-order valence-corrected chi connectivity index (χ4v) is 2.96. The Labute approximate surface area is 167 Å². The van der Waals surface area contributed by atoms with E-state index in [0.717, 1.165) is 5.75 Å². The lowest BCUT2D eigenvalue weighted by molar-refractivity contribution is -0.118. The number of nitrogens with one attached hydrogen (secondary N) is 1. The Morgan fingerprint density at radius 1 is 0.931 bits per heavy atom. The molecule has 3 aromatic carbocycles. The summed E-state index contributed by atoms with van der Waals surface area (Å²) in [5.74, 6) is 1.10. The number of carbonyl (C=O) groups is 1. The van der Waals surface area contributed by atoms with Crippen LogP contribution in [0, 0.1) is 0 Å². The molecule has 0 aliphatic carbocycles. The van der Waals surface area contributed by atoms with E-state index in [9.17, 15) is 9.59 Å². The number of aromatic nitrogens is 2. The lowest BCUT2D eigenvalue weighted by Crippen LogP contribution is -2.31. The van der Waals surface area contributed by atoms with Crippen LogP contribution in [0.1, 0.15) is 13.0 Å². The van der Waals surface area contributed by atoms with Gasteiger partial charge in [-0.3, -0.25) is 14.2 Å². The maximum atomic E-state index is 12.7. The number of nitrogens with zero attached hydrogens (tertiary/aromatic N) is 2. The maximum absolute atomic E-state index is 12.7. The third-order valence-corrected chi connectivity index (χ3v) is 4.59. The minimum Gasteiger partial charge on any atom is -0.457 e. The van der Waals surface area contributed by atoms with E-state index in [4.69, 9.17) is 4.74 Å². The van der Waals surface area contributed by atoms with Crippen LogP contribution in [-0.2, 0) is 4.79 Å². The Morgan fingerprint density at radius 3 is 2.34 bits per heavy atom. The topological polar surface area (TPSA) is 73.2 Å². The summed E-state index contributed by atoms with van der Waals surface area (Å²) in [4.78, 5) is 29.6. The van der Waals surface area contributed by atoms with E-state index < -0.39 is 6.04 Å². The number of hydrogen-bond donors (Lipinski definition) is 1. The SMILES string of the molecule is CC(C(=O)Nc1ccc(Oc2ccccc2)cc1)n1cnc2ccccc2c1=O. The maximum Gasteiger partial charge on any atom is 0.261 e. The highest BCUT2D eigenvalue weighted by molar-refractivity contribution is 5.93. The first-order chi connectivity index (χ1) is 14.1. The molecule has 0 saturated carbocycles. The van der Waals surface area contributed by atoms with Gasteiger partial charge in [0.05, 0.1) is 17.2 Å². The Morgan fingerprint density at radius 2 is 1.59 bits per heavy atom. The molecule has 0 spiro atoms. The van der Waals surface area contributed by atoms with Gasteiger partial charge in [-0.1, -0.05) is 30.3 Å². The minimum absolute atomic E-state index is 0.246. The van der Waals surface area contributed by atoms with Crippen LogP contribution in [-0.4, -0.2) is 15.5 Å². The summed E-state index contributed by atoms with van der Waals surface area (Å²) in [6, 6.07) is 22.9. The summed E-state index contributed by atoms with van der Waals surface area (Å²) in [5, 5.41) is 3.31. The fourth-order valence-electron chi connectivity index (χ4n) is 2.96. The van der Waals surface area contributed by atoms with Crippen LogP contribution in [0.4, 0.5) is 5.69 Å². The highest BCUT2D eigenvalue weighted by Crippen LogP contribution is 2.23. The van der Waals surface area contributed by atoms with Crippen LogP contribution in [0.5, 0.6) is 11.5 Å². The fraction of sp³-hybridized carbons (Fsp3) is 0.0870. The molecule has 1 N–H and O–H groups in total. The number of ether oxygens (including phenoxy) is 1. The minimum atomic E-state index is -0.708. The van der Waals surface area contributed by atoms with Crippen LogP contribution in [0.15, 0.2) is 90.0 Å². The van der Waals surface area contributed by atoms with Crippen molar-refractivity contribution in [3.05, 3.63) is 95.5 Å². The molecule has 0 fully saturated rings. The van der Waals surface area contributed by atoms with Gasteiger partial charge in [-0.05, 0) is 55.5 Å². The van der Waals surface area contributed by atoms with Gasteiger partial charge in [0.15, 0.2) is 0 Å². The van der Waals surface area contributed by atoms with Gasteiger partial charge in [-0.2, -0.15) is 0 Å². The van der Waals surface area contributed by atoms with E-state index in [1.165, 1.54) is 10.9 Å². The third kappa shape index (κ3) is 4.01. The monoisotopic (exact) mass is 385 g/mol. The van der Waals surface area contributed by atoms with Crippen LogP contribution >= 0.6 is 0 Å². The largest absolute Gasteiger partial charge is 0.457 e. The van der Waals surface area contributed by atoms with Crippen LogP contribution in [0.25, 0.3) is 10.9 Å². The molecular formula is C23H19N3O3. The summed E-state index contributed by atoms with van der Waals surface area (Å²) in [5.41, 5.74) is 0.976. The van der Waals surface area contributed by atoms with Gasteiger partial charge in [0.1, 0.15) is 17.5 Å². The molecule has 4 aromatic rings. The van der Waals surface area contributed by atoms with Gasteiger partial charge >= 0.3 is 0 Å². The standard InChI is InChI=1S/C23H19N3O3/c1-16(26-15-24-21-10-6-5-9-20(21)23(26)28)22(27)25-17-11-13-19(14-12-17)29-18-7-3-2-4-8-18/h2-16H,1H3,(H,25,27). The average Bonchev–Trinajstić information content (AvgIpc) is 2.76. The average molecular weight is 385 g/mol. The smallest absolute Gasteiger partial charge is 0.261 e. The molecule has 0 bridgehead atoms. The molecule has 0 aliphatic heterocycles. The van der Waals surface area contributed by atoms with Crippen LogP contribution in [0.2, 0.25) is 0 Å². The Kier molecular flexibility index (Phi) is 5.07. The molecule has 1 heterocycles. The van der Waals surface area contributed by atoms with Gasteiger partial charge in [0.25, 0.3) is 5.56 Å². The van der Waals surface area contributed by atoms with Gasteiger partial charge in [-0.15, -0.1) is 0 Å². The number of hydrogen-bond acceptors (Lipinski definition) is 4. The van der Waals surface area contributed by atoms with E-state index in [-0.39, 0.29) is 11.5 Å².